The standard InChI is InChI=1S/C30H38BrN7O2/c1-20-17-27(38-11-9-22(10-12-38)37-15-13-36(3)14-16-37)28(40-4)18-26(20)34-30-32-19-24(31)29(35-30)33-25-8-6-5-7-23(25)21(2)39/h5-8,17-19,22H,9-16H2,1-4H3,(H2,32,33,34,35). The van der Waals surface area contributed by atoms with Gasteiger partial charge in [0.25, 0.3) is 0 Å². The van der Waals surface area contributed by atoms with Crippen LogP contribution in [0.15, 0.2) is 47.1 Å². The molecule has 0 bridgehead atoms. The Morgan fingerprint density at radius 1 is 1.02 bits per heavy atom. The van der Waals surface area contributed by atoms with Crippen molar-refractivity contribution in [3.63, 3.8) is 0 Å². The molecule has 40 heavy (non-hydrogen) atoms. The number of ketones is 1. The summed E-state index contributed by atoms with van der Waals surface area (Å²) >= 11 is 3.53. The number of hydrogen-bond donors (Lipinski definition) is 2. The second kappa shape index (κ2) is 12.5. The number of halogens is 1. The molecule has 0 saturated carbocycles. The van der Waals surface area contributed by atoms with Gasteiger partial charge in [-0.3, -0.25) is 9.69 Å². The fourth-order valence-corrected chi connectivity index (χ4v) is 5.83. The van der Waals surface area contributed by atoms with Crippen LogP contribution < -0.4 is 20.3 Å². The van der Waals surface area contributed by atoms with E-state index in [9.17, 15) is 4.79 Å². The Bertz CT molecular complexity index is 1350. The Morgan fingerprint density at radius 2 is 1.75 bits per heavy atom. The molecule has 1 aromatic heterocycles. The fourth-order valence-electron chi connectivity index (χ4n) is 5.54. The molecule has 0 unspecified atom stereocenters. The van der Waals surface area contributed by atoms with Gasteiger partial charge in [0, 0.05) is 68.8 Å². The van der Waals surface area contributed by atoms with Crippen molar-refractivity contribution in [1.29, 1.82) is 0 Å². The van der Waals surface area contributed by atoms with E-state index in [-0.39, 0.29) is 5.78 Å². The lowest BCUT2D eigenvalue weighted by Gasteiger charge is -2.42. The van der Waals surface area contributed by atoms with Crippen molar-refractivity contribution in [2.24, 2.45) is 0 Å². The molecule has 2 fully saturated rings. The van der Waals surface area contributed by atoms with E-state index in [4.69, 9.17) is 4.74 Å². The number of aryl methyl sites for hydroxylation is 1. The number of carbonyl (C=O) groups is 1. The highest BCUT2D eigenvalue weighted by Gasteiger charge is 2.28. The normalized spacial score (nSPS) is 17.1. The number of piperazine rings is 1. The molecule has 2 N–H and O–H groups in total. The molecular formula is C30H38BrN7O2. The summed E-state index contributed by atoms with van der Waals surface area (Å²) in [5, 5.41) is 6.63. The van der Waals surface area contributed by atoms with Gasteiger partial charge in [-0.05, 0) is 73.4 Å². The first-order valence-electron chi connectivity index (χ1n) is 13.8. The van der Waals surface area contributed by atoms with Crippen molar-refractivity contribution in [3.8, 4) is 5.75 Å². The Morgan fingerprint density at radius 3 is 2.45 bits per heavy atom. The molecule has 2 aliphatic heterocycles. The maximum absolute atomic E-state index is 12.1. The lowest BCUT2D eigenvalue weighted by atomic mass is 10.0. The number of rotatable bonds is 8. The first kappa shape index (κ1) is 28.3. The monoisotopic (exact) mass is 607 g/mol. The average Bonchev–Trinajstić information content (AvgIpc) is 2.96. The molecule has 2 saturated heterocycles. The molecular weight excluding hydrogens is 570 g/mol. The zero-order chi connectivity index (χ0) is 28.2. The predicted molar refractivity (Wildman–Crippen MR) is 165 cm³/mol. The topological polar surface area (TPSA) is 85.9 Å². The minimum Gasteiger partial charge on any atom is -0.495 e. The van der Waals surface area contributed by atoms with Gasteiger partial charge in [0.05, 0.1) is 23.0 Å². The van der Waals surface area contributed by atoms with E-state index in [0.29, 0.717) is 33.5 Å². The average molecular weight is 609 g/mol. The Hall–Kier alpha value is -3.21. The van der Waals surface area contributed by atoms with Crippen LogP contribution in [0, 0.1) is 6.92 Å². The minimum absolute atomic E-state index is 0.0157. The summed E-state index contributed by atoms with van der Waals surface area (Å²) < 4.78 is 6.55. The van der Waals surface area contributed by atoms with E-state index in [1.54, 1.807) is 26.3 Å². The highest BCUT2D eigenvalue weighted by molar-refractivity contribution is 9.10. The van der Waals surface area contributed by atoms with Gasteiger partial charge in [0.1, 0.15) is 11.6 Å². The third kappa shape index (κ3) is 6.40. The van der Waals surface area contributed by atoms with Crippen LogP contribution in [0.2, 0.25) is 0 Å². The molecule has 3 heterocycles. The first-order valence-corrected chi connectivity index (χ1v) is 14.6. The number of likely N-dealkylation sites (N-methyl/N-ethyl adjacent to an activating group) is 1. The minimum atomic E-state index is -0.0157. The fraction of sp³-hybridized carbons (Fsp3) is 0.433. The second-order valence-electron chi connectivity index (χ2n) is 10.6. The number of benzene rings is 2. The second-order valence-corrected chi connectivity index (χ2v) is 11.5. The van der Waals surface area contributed by atoms with Gasteiger partial charge >= 0.3 is 0 Å². The number of piperidine rings is 1. The van der Waals surface area contributed by atoms with Crippen LogP contribution in [0.3, 0.4) is 0 Å². The van der Waals surface area contributed by atoms with Gasteiger partial charge in [-0.2, -0.15) is 4.98 Å². The van der Waals surface area contributed by atoms with Gasteiger partial charge in [0.2, 0.25) is 5.95 Å². The zero-order valence-electron chi connectivity index (χ0n) is 23.7. The molecule has 212 valence electrons. The molecule has 5 rings (SSSR count). The highest BCUT2D eigenvalue weighted by atomic mass is 79.9. The number of ether oxygens (including phenoxy) is 1. The van der Waals surface area contributed by atoms with Crippen LogP contribution in [0.1, 0.15) is 35.7 Å². The number of para-hydroxylation sites is 1. The zero-order valence-corrected chi connectivity index (χ0v) is 25.3. The third-order valence-corrected chi connectivity index (χ3v) is 8.52. The molecule has 2 aromatic carbocycles. The number of anilines is 5. The van der Waals surface area contributed by atoms with Crippen LogP contribution in [0.25, 0.3) is 0 Å². The molecule has 0 amide bonds. The van der Waals surface area contributed by atoms with Gasteiger partial charge in [-0.1, -0.05) is 12.1 Å². The molecule has 9 nitrogen and oxygen atoms in total. The summed E-state index contributed by atoms with van der Waals surface area (Å²) in [4.78, 5) is 28.8. The van der Waals surface area contributed by atoms with Gasteiger partial charge in [0.15, 0.2) is 5.78 Å². The van der Waals surface area contributed by atoms with Gasteiger partial charge in [-0.25, -0.2) is 4.98 Å². The molecule has 0 atom stereocenters. The van der Waals surface area contributed by atoms with Crippen molar-refractivity contribution in [3.05, 3.63) is 58.2 Å². The summed E-state index contributed by atoms with van der Waals surface area (Å²) in [7, 11) is 3.93. The maximum Gasteiger partial charge on any atom is 0.229 e. The number of methoxy groups -OCH3 is 1. The molecule has 0 spiro atoms. The highest BCUT2D eigenvalue weighted by Crippen LogP contribution is 2.37. The largest absolute Gasteiger partial charge is 0.495 e. The predicted octanol–water partition coefficient (Wildman–Crippen LogP) is 5.46. The van der Waals surface area contributed by atoms with E-state index in [1.165, 1.54) is 25.9 Å². The van der Waals surface area contributed by atoms with Gasteiger partial charge < -0.3 is 25.2 Å². The van der Waals surface area contributed by atoms with Crippen LogP contribution >= 0.6 is 15.9 Å². The van der Waals surface area contributed by atoms with Crippen molar-refractivity contribution in [2.75, 3.05) is 69.0 Å². The van der Waals surface area contributed by atoms with Crippen LogP contribution in [0.4, 0.5) is 28.8 Å². The molecule has 2 aliphatic rings. The van der Waals surface area contributed by atoms with Crippen molar-refractivity contribution < 1.29 is 9.53 Å². The maximum atomic E-state index is 12.1. The summed E-state index contributed by atoms with van der Waals surface area (Å²) in [6.45, 7) is 10.3. The summed E-state index contributed by atoms with van der Waals surface area (Å²) in [5.41, 5.74) is 4.39. The number of aromatic nitrogens is 2. The molecule has 3 aromatic rings. The Kier molecular flexibility index (Phi) is 8.87. The van der Waals surface area contributed by atoms with Crippen molar-refractivity contribution in [2.45, 2.75) is 32.7 Å². The Labute approximate surface area is 245 Å². The SMILES string of the molecule is COc1cc(Nc2ncc(Br)c(Nc3ccccc3C(C)=O)n2)c(C)cc1N1CCC(N2CCN(C)CC2)CC1. The quantitative estimate of drug-likeness (QED) is 0.324. The third-order valence-electron chi connectivity index (χ3n) is 7.94. The first-order chi connectivity index (χ1) is 19.3. The molecule has 10 heteroatoms. The number of carbonyl (C=O) groups excluding carboxylic acids is 1. The van der Waals surface area contributed by atoms with Crippen LogP contribution in [0.5, 0.6) is 5.75 Å². The van der Waals surface area contributed by atoms with Crippen molar-refractivity contribution in [1.82, 2.24) is 19.8 Å². The smallest absolute Gasteiger partial charge is 0.229 e. The Balaban J connectivity index is 1.30. The van der Waals surface area contributed by atoms with E-state index >= 15 is 0 Å². The molecule has 0 aliphatic carbocycles. The van der Waals surface area contributed by atoms with Crippen LogP contribution in [-0.2, 0) is 0 Å². The number of Topliss-reactive ketones (excluding diaryl/α,β-unsaturated/α-hetero) is 1. The van der Waals surface area contributed by atoms with Crippen LogP contribution in [-0.4, -0.2) is 85.0 Å². The lowest BCUT2D eigenvalue weighted by molar-refractivity contribution is 0.0981. The summed E-state index contributed by atoms with van der Waals surface area (Å²) in [6, 6.07) is 12.3. The number of hydrogen-bond acceptors (Lipinski definition) is 9. The van der Waals surface area contributed by atoms with E-state index in [2.05, 4.69) is 71.3 Å². The van der Waals surface area contributed by atoms with E-state index in [1.807, 2.05) is 24.3 Å². The van der Waals surface area contributed by atoms with Crippen molar-refractivity contribution >= 4 is 50.5 Å². The molecule has 0 radical (unpaired) electrons. The number of nitrogens with zero attached hydrogens (tertiary/aromatic N) is 5. The number of nitrogens with one attached hydrogen (secondary N) is 2. The van der Waals surface area contributed by atoms with E-state index in [0.717, 1.165) is 48.9 Å². The van der Waals surface area contributed by atoms with E-state index < -0.39 is 0 Å². The van der Waals surface area contributed by atoms with Gasteiger partial charge in [-0.15, -0.1) is 0 Å². The lowest BCUT2D eigenvalue weighted by Crippen LogP contribution is -2.52. The summed E-state index contributed by atoms with van der Waals surface area (Å²) in [5.74, 6) is 1.82. The summed E-state index contributed by atoms with van der Waals surface area (Å²) in [6.07, 6.45) is 4.03.